The number of hydrogen-bond donors (Lipinski definition) is 2. The Morgan fingerprint density at radius 1 is 1.20 bits per heavy atom. The van der Waals surface area contributed by atoms with Gasteiger partial charge in [0, 0.05) is 0 Å². The number of thiazole rings is 1. The predicted octanol–water partition coefficient (Wildman–Crippen LogP) is 1.69. The van der Waals surface area contributed by atoms with Crippen molar-refractivity contribution in [3.8, 4) is 0 Å². The summed E-state index contributed by atoms with van der Waals surface area (Å²) in [5, 5.41) is 17.4. The molecule has 5 nitrogen and oxygen atoms in total. The summed E-state index contributed by atoms with van der Waals surface area (Å²) in [7, 11) is 0. The molecule has 2 aromatic rings. The highest BCUT2D eigenvalue weighted by atomic mass is 32.1. The van der Waals surface area contributed by atoms with E-state index in [2.05, 4.69) is 4.98 Å². The predicted molar refractivity (Wildman–Crippen MR) is 53.5 cm³/mol. The molecule has 0 spiro atoms. The first-order valence-electron chi connectivity index (χ1n) is 3.95. The Labute approximate surface area is 87.6 Å². The lowest BCUT2D eigenvalue weighted by atomic mass is 10.2. The first-order chi connectivity index (χ1) is 7.08. The van der Waals surface area contributed by atoms with Crippen LogP contribution in [0, 0.1) is 0 Å². The van der Waals surface area contributed by atoms with Crippen LogP contribution in [0.25, 0.3) is 10.2 Å². The van der Waals surface area contributed by atoms with Crippen LogP contribution in [0.15, 0.2) is 18.2 Å². The van der Waals surface area contributed by atoms with Gasteiger partial charge in [-0.1, -0.05) is 0 Å². The second kappa shape index (κ2) is 3.32. The fraction of sp³-hybridized carbons (Fsp3) is 0. The second-order valence-electron chi connectivity index (χ2n) is 2.81. The normalized spacial score (nSPS) is 10.4. The fourth-order valence-corrected chi connectivity index (χ4v) is 1.99. The zero-order chi connectivity index (χ0) is 11.0. The third-order valence-electron chi connectivity index (χ3n) is 1.82. The zero-order valence-corrected chi connectivity index (χ0v) is 8.11. The molecule has 2 rings (SSSR count). The lowest BCUT2D eigenvalue weighted by molar-refractivity contribution is 0.0686. The summed E-state index contributed by atoms with van der Waals surface area (Å²) in [4.78, 5) is 25.1. The molecule has 2 N–H and O–H groups in total. The van der Waals surface area contributed by atoms with Gasteiger partial charge in [-0.25, -0.2) is 14.6 Å². The molecule has 0 amide bonds. The minimum absolute atomic E-state index is 0.0347. The maximum Gasteiger partial charge on any atom is 0.365 e. The Morgan fingerprint density at radius 2 is 1.93 bits per heavy atom. The molecular weight excluding hydrogens is 218 g/mol. The highest BCUT2D eigenvalue weighted by Crippen LogP contribution is 2.23. The van der Waals surface area contributed by atoms with E-state index in [1.54, 1.807) is 0 Å². The molecule has 0 aliphatic carbocycles. The van der Waals surface area contributed by atoms with E-state index in [0.29, 0.717) is 10.2 Å². The van der Waals surface area contributed by atoms with Crippen molar-refractivity contribution in [2.75, 3.05) is 0 Å². The zero-order valence-electron chi connectivity index (χ0n) is 7.30. The molecule has 0 saturated heterocycles. The van der Waals surface area contributed by atoms with Gasteiger partial charge in [0.1, 0.15) is 0 Å². The van der Waals surface area contributed by atoms with E-state index in [1.165, 1.54) is 18.2 Å². The van der Waals surface area contributed by atoms with Crippen molar-refractivity contribution in [2.45, 2.75) is 0 Å². The second-order valence-corrected chi connectivity index (χ2v) is 3.84. The standard InChI is InChI=1S/C9H5NO4S/c11-8(12)4-1-2-5-6(3-4)15-7(10-5)9(13)14/h1-3H,(H,11,12)(H,13,14). The molecule has 0 bridgehead atoms. The molecule has 1 heterocycles. The SMILES string of the molecule is O=C(O)c1ccc2nc(C(=O)O)sc2c1. The van der Waals surface area contributed by atoms with E-state index in [4.69, 9.17) is 10.2 Å². The number of aromatic nitrogens is 1. The third-order valence-corrected chi connectivity index (χ3v) is 2.82. The molecule has 1 aromatic carbocycles. The summed E-state index contributed by atoms with van der Waals surface area (Å²) in [5.41, 5.74) is 0.630. The van der Waals surface area contributed by atoms with Crippen molar-refractivity contribution in [2.24, 2.45) is 0 Å². The Balaban J connectivity index is 2.62. The Morgan fingerprint density at radius 3 is 2.53 bits per heavy atom. The summed E-state index contributed by atoms with van der Waals surface area (Å²) in [6.45, 7) is 0. The minimum Gasteiger partial charge on any atom is -0.478 e. The van der Waals surface area contributed by atoms with Crippen molar-refractivity contribution in [1.82, 2.24) is 4.98 Å². The molecule has 0 radical (unpaired) electrons. The molecule has 0 fully saturated rings. The van der Waals surface area contributed by atoms with Gasteiger partial charge in [-0.2, -0.15) is 0 Å². The molecule has 0 atom stereocenters. The smallest absolute Gasteiger partial charge is 0.365 e. The summed E-state index contributed by atoms with van der Waals surface area (Å²) in [6.07, 6.45) is 0. The topological polar surface area (TPSA) is 87.5 Å². The first-order valence-corrected chi connectivity index (χ1v) is 4.77. The van der Waals surface area contributed by atoms with Gasteiger partial charge in [-0.05, 0) is 18.2 Å². The van der Waals surface area contributed by atoms with E-state index in [-0.39, 0.29) is 10.6 Å². The van der Waals surface area contributed by atoms with Gasteiger partial charge in [0.25, 0.3) is 0 Å². The molecule has 0 unspecified atom stereocenters. The molecule has 76 valence electrons. The number of fused-ring (bicyclic) bond motifs is 1. The molecular formula is C9H5NO4S. The van der Waals surface area contributed by atoms with Crippen LogP contribution in [0.2, 0.25) is 0 Å². The van der Waals surface area contributed by atoms with Gasteiger partial charge in [0.2, 0.25) is 5.01 Å². The molecule has 0 aliphatic rings. The highest BCUT2D eigenvalue weighted by molar-refractivity contribution is 7.20. The Kier molecular flexibility index (Phi) is 2.12. The first kappa shape index (κ1) is 9.60. The molecule has 1 aromatic heterocycles. The highest BCUT2D eigenvalue weighted by Gasteiger charge is 2.12. The Bertz CT molecular complexity index is 548. The average Bonchev–Trinajstić information content (AvgIpc) is 2.59. The number of carboxylic acids is 2. The minimum atomic E-state index is -1.10. The van der Waals surface area contributed by atoms with Crippen molar-refractivity contribution < 1.29 is 19.8 Å². The molecule has 0 aliphatic heterocycles. The van der Waals surface area contributed by atoms with Gasteiger partial charge in [0.05, 0.1) is 15.8 Å². The van der Waals surface area contributed by atoms with Crippen molar-refractivity contribution in [3.05, 3.63) is 28.8 Å². The van der Waals surface area contributed by atoms with Gasteiger partial charge >= 0.3 is 11.9 Å². The maximum absolute atomic E-state index is 10.7. The van der Waals surface area contributed by atoms with E-state index in [1.807, 2.05) is 0 Å². The number of nitrogens with zero attached hydrogens (tertiary/aromatic N) is 1. The molecule has 15 heavy (non-hydrogen) atoms. The van der Waals surface area contributed by atoms with Crippen molar-refractivity contribution in [1.29, 1.82) is 0 Å². The van der Waals surface area contributed by atoms with Crippen molar-refractivity contribution in [3.63, 3.8) is 0 Å². The van der Waals surface area contributed by atoms with E-state index >= 15 is 0 Å². The Hall–Kier alpha value is -1.95. The summed E-state index contributed by atoms with van der Waals surface area (Å²) in [5.74, 6) is -2.14. The van der Waals surface area contributed by atoms with Gasteiger partial charge in [0.15, 0.2) is 0 Å². The summed E-state index contributed by atoms with van der Waals surface area (Å²) in [6, 6.07) is 4.32. The van der Waals surface area contributed by atoms with Crippen LogP contribution in [0.1, 0.15) is 20.2 Å². The van der Waals surface area contributed by atoms with Gasteiger partial charge < -0.3 is 10.2 Å². The number of rotatable bonds is 2. The fourth-order valence-electron chi connectivity index (χ4n) is 1.15. The van der Waals surface area contributed by atoms with Crippen LogP contribution in [0.3, 0.4) is 0 Å². The lowest BCUT2D eigenvalue weighted by Gasteiger charge is -1.91. The van der Waals surface area contributed by atoms with Crippen molar-refractivity contribution >= 4 is 33.5 Å². The number of hydrogen-bond acceptors (Lipinski definition) is 4. The largest absolute Gasteiger partial charge is 0.478 e. The van der Waals surface area contributed by atoms with Gasteiger partial charge in [-0.3, -0.25) is 0 Å². The van der Waals surface area contributed by atoms with Crippen LogP contribution >= 0.6 is 11.3 Å². The third kappa shape index (κ3) is 1.66. The number of carbonyl (C=O) groups is 2. The summed E-state index contributed by atoms with van der Waals surface area (Å²) >= 11 is 0.963. The van der Waals surface area contributed by atoms with Crippen LogP contribution < -0.4 is 0 Å². The maximum atomic E-state index is 10.7. The lowest BCUT2D eigenvalue weighted by Crippen LogP contribution is -1.94. The average molecular weight is 223 g/mol. The van der Waals surface area contributed by atoms with Crippen LogP contribution in [0.4, 0.5) is 0 Å². The van der Waals surface area contributed by atoms with Crippen LogP contribution in [0.5, 0.6) is 0 Å². The molecule has 6 heteroatoms. The summed E-state index contributed by atoms with van der Waals surface area (Å²) < 4.78 is 0.562. The van der Waals surface area contributed by atoms with Gasteiger partial charge in [-0.15, -0.1) is 11.3 Å². The van der Waals surface area contributed by atoms with E-state index in [9.17, 15) is 9.59 Å². The van der Waals surface area contributed by atoms with E-state index < -0.39 is 11.9 Å². The van der Waals surface area contributed by atoms with E-state index in [0.717, 1.165) is 11.3 Å². The molecule has 0 saturated carbocycles. The number of carboxylic acid groups (broad SMARTS) is 2. The monoisotopic (exact) mass is 223 g/mol. The van der Waals surface area contributed by atoms with Crippen LogP contribution in [-0.4, -0.2) is 27.1 Å². The number of benzene rings is 1. The van der Waals surface area contributed by atoms with Crippen LogP contribution in [-0.2, 0) is 0 Å². The quantitative estimate of drug-likeness (QED) is 0.808. The number of aromatic carboxylic acids is 2.